The van der Waals surface area contributed by atoms with Crippen molar-refractivity contribution < 1.29 is 18.9 Å². The Morgan fingerprint density at radius 2 is 1.80 bits per heavy atom. The molecule has 5 heteroatoms. The minimum Gasteiger partial charge on any atom is -0.377 e. The summed E-state index contributed by atoms with van der Waals surface area (Å²) in [5, 5.41) is 0. The van der Waals surface area contributed by atoms with Crippen LogP contribution < -0.4 is 0 Å². The van der Waals surface area contributed by atoms with Crippen molar-refractivity contribution in [1.82, 2.24) is 4.90 Å². The van der Waals surface area contributed by atoms with Crippen molar-refractivity contribution in [1.29, 1.82) is 0 Å². The van der Waals surface area contributed by atoms with E-state index in [2.05, 4.69) is 17.0 Å². The van der Waals surface area contributed by atoms with Crippen molar-refractivity contribution in [3.63, 3.8) is 0 Å². The number of methoxy groups -OCH3 is 2. The predicted molar refractivity (Wildman–Crippen MR) is 117 cm³/mol. The lowest BCUT2D eigenvalue weighted by Gasteiger charge is -2.51. The highest BCUT2D eigenvalue weighted by molar-refractivity contribution is 5.17. The molecule has 30 heavy (non-hydrogen) atoms. The van der Waals surface area contributed by atoms with Crippen LogP contribution in [-0.4, -0.2) is 63.2 Å². The Balaban J connectivity index is 1.34. The lowest BCUT2D eigenvalue weighted by molar-refractivity contribution is -0.292. The second kappa shape index (κ2) is 11.1. The molecule has 0 N–H and O–H groups in total. The fourth-order valence-corrected chi connectivity index (χ4v) is 5.61. The maximum atomic E-state index is 6.47. The van der Waals surface area contributed by atoms with Crippen LogP contribution in [0.2, 0.25) is 0 Å². The van der Waals surface area contributed by atoms with Gasteiger partial charge in [-0.1, -0.05) is 75.3 Å². The lowest BCUT2D eigenvalue weighted by atomic mass is 9.92. The second-order valence-corrected chi connectivity index (χ2v) is 9.21. The fraction of sp³-hybridized carbons (Fsp3) is 0.760. The minimum atomic E-state index is -0.339. The summed E-state index contributed by atoms with van der Waals surface area (Å²) in [7, 11) is 3.55. The van der Waals surface area contributed by atoms with E-state index in [0.717, 1.165) is 24.6 Å². The molecule has 2 aliphatic heterocycles. The monoisotopic (exact) mass is 417 g/mol. The third-order valence-corrected chi connectivity index (χ3v) is 7.33. The maximum Gasteiger partial charge on any atom is 0.184 e. The number of rotatable bonds is 9. The van der Waals surface area contributed by atoms with Crippen molar-refractivity contribution >= 4 is 0 Å². The normalized spacial score (nSPS) is 32.9. The van der Waals surface area contributed by atoms with E-state index in [1.165, 1.54) is 51.4 Å². The maximum absolute atomic E-state index is 6.47. The van der Waals surface area contributed by atoms with Gasteiger partial charge in [0, 0.05) is 26.3 Å². The Bertz CT molecular complexity index is 621. The number of likely N-dealkylation sites (tertiary alicyclic amines) is 1. The molecule has 2 saturated heterocycles. The second-order valence-electron chi connectivity index (χ2n) is 9.21. The molecular formula is C25H39NO4. The van der Waals surface area contributed by atoms with Gasteiger partial charge in [-0.05, 0) is 18.9 Å². The number of ether oxygens (including phenoxy) is 4. The van der Waals surface area contributed by atoms with Gasteiger partial charge in [-0.2, -0.15) is 0 Å². The molecule has 1 aromatic rings. The van der Waals surface area contributed by atoms with E-state index in [-0.39, 0.29) is 30.6 Å². The summed E-state index contributed by atoms with van der Waals surface area (Å²) in [5.41, 5.74) is 1.06. The van der Waals surface area contributed by atoms with Gasteiger partial charge in [0.2, 0.25) is 0 Å². The highest BCUT2D eigenvalue weighted by Crippen LogP contribution is 2.35. The van der Waals surface area contributed by atoms with Gasteiger partial charge in [0.25, 0.3) is 0 Å². The SMILES string of the molecule is CO[C@@H]1[C@@H](OC)CN(CCCCCC2CCCC2)C2COC(c3ccccc3)O[C@H]21. The fourth-order valence-electron chi connectivity index (χ4n) is 5.61. The van der Waals surface area contributed by atoms with Gasteiger partial charge in [-0.15, -0.1) is 0 Å². The molecule has 0 spiro atoms. The smallest absolute Gasteiger partial charge is 0.184 e. The molecule has 3 aliphatic rings. The van der Waals surface area contributed by atoms with E-state index in [1.54, 1.807) is 14.2 Å². The zero-order chi connectivity index (χ0) is 20.8. The third-order valence-electron chi connectivity index (χ3n) is 7.33. The molecule has 0 bridgehead atoms. The number of hydrogen-bond acceptors (Lipinski definition) is 5. The van der Waals surface area contributed by atoms with Crippen molar-refractivity contribution in [2.75, 3.05) is 33.9 Å². The van der Waals surface area contributed by atoms with Crippen molar-refractivity contribution in [3.05, 3.63) is 35.9 Å². The van der Waals surface area contributed by atoms with Crippen LogP contribution in [-0.2, 0) is 18.9 Å². The molecular weight excluding hydrogens is 378 g/mol. The molecule has 2 heterocycles. The van der Waals surface area contributed by atoms with Crippen molar-refractivity contribution in [3.8, 4) is 0 Å². The molecule has 0 radical (unpaired) electrons. The summed E-state index contributed by atoms with van der Waals surface area (Å²) in [4.78, 5) is 2.52. The summed E-state index contributed by atoms with van der Waals surface area (Å²) >= 11 is 0. The van der Waals surface area contributed by atoms with Crippen LogP contribution in [0.3, 0.4) is 0 Å². The van der Waals surface area contributed by atoms with E-state index in [1.807, 2.05) is 18.2 Å². The Kier molecular flexibility index (Phi) is 8.19. The first-order chi connectivity index (χ1) is 14.8. The van der Waals surface area contributed by atoms with Crippen LogP contribution in [0.5, 0.6) is 0 Å². The van der Waals surface area contributed by atoms with Gasteiger partial charge in [-0.3, -0.25) is 4.90 Å². The number of piperidine rings is 1. The summed E-state index contributed by atoms with van der Waals surface area (Å²) in [6.07, 6.45) is 10.7. The molecule has 1 aromatic carbocycles. The molecule has 1 saturated carbocycles. The standard InChI is InChI=1S/C25H39NO4/c1-27-22-17-26(16-10-4-5-11-19-12-8-9-13-19)21-18-29-25(20-14-6-3-7-15-20)30-23(21)24(22)28-2/h3,6-7,14-15,19,21-25H,4-5,8-13,16-18H2,1-2H3/t21?,22-,23+,24+,25?/m0/s1. The van der Waals surface area contributed by atoms with Crippen LogP contribution in [0.15, 0.2) is 30.3 Å². The molecule has 0 amide bonds. The molecule has 0 aromatic heterocycles. The Morgan fingerprint density at radius 1 is 1.00 bits per heavy atom. The summed E-state index contributed by atoms with van der Waals surface area (Å²) in [5.74, 6) is 1.000. The number of nitrogens with zero attached hydrogens (tertiary/aromatic N) is 1. The molecule has 3 fully saturated rings. The minimum absolute atomic E-state index is 0.0178. The first-order valence-electron chi connectivity index (χ1n) is 11.9. The third kappa shape index (κ3) is 5.25. The van der Waals surface area contributed by atoms with E-state index in [0.29, 0.717) is 6.61 Å². The largest absolute Gasteiger partial charge is 0.377 e. The molecule has 2 unspecified atom stereocenters. The quantitative estimate of drug-likeness (QED) is 0.551. The number of unbranched alkanes of at least 4 members (excludes halogenated alkanes) is 2. The van der Waals surface area contributed by atoms with Gasteiger partial charge in [0.1, 0.15) is 12.2 Å². The average molecular weight is 418 g/mol. The van der Waals surface area contributed by atoms with E-state index in [9.17, 15) is 0 Å². The highest BCUT2D eigenvalue weighted by Gasteiger charge is 2.48. The Hall–Kier alpha value is -0.980. The van der Waals surface area contributed by atoms with Crippen LogP contribution >= 0.6 is 0 Å². The van der Waals surface area contributed by atoms with Crippen LogP contribution in [0, 0.1) is 5.92 Å². The lowest BCUT2D eigenvalue weighted by Crippen LogP contribution is -2.66. The topological polar surface area (TPSA) is 40.2 Å². The number of fused-ring (bicyclic) bond motifs is 1. The van der Waals surface area contributed by atoms with Gasteiger partial charge in [-0.25, -0.2) is 0 Å². The predicted octanol–water partition coefficient (Wildman–Crippen LogP) is 4.57. The molecule has 5 nitrogen and oxygen atoms in total. The summed E-state index contributed by atoms with van der Waals surface area (Å²) in [6, 6.07) is 10.4. The molecule has 1 aliphatic carbocycles. The molecule has 5 atom stereocenters. The summed E-state index contributed by atoms with van der Waals surface area (Å²) in [6.45, 7) is 2.62. The Labute approximate surface area is 182 Å². The highest BCUT2D eigenvalue weighted by atomic mass is 16.7. The Morgan fingerprint density at radius 3 is 2.53 bits per heavy atom. The number of benzene rings is 1. The van der Waals surface area contributed by atoms with Crippen LogP contribution in [0.25, 0.3) is 0 Å². The van der Waals surface area contributed by atoms with Crippen LogP contribution in [0.1, 0.15) is 63.2 Å². The number of hydrogen-bond donors (Lipinski definition) is 0. The van der Waals surface area contributed by atoms with Gasteiger partial charge in [0.15, 0.2) is 6.29 Å². The van der Waals surface area contributed by atoms with Gasteiger partial charge >= 0.3 is 0 Å². The first kappa shape index (κ1) is 22.2. The van der Waals surface area contributed by atoms with Gasteiger partial charge in [0.05, 0.1) is 18.8 Å². The van der Waals surface area contributed by atoms with Crippen LogP contribution in [0.4, 0.5) is 0 Å². The van der Waals surface area contributed by atoms with Gasteiger partial charge < -0.3 is 18.9 Å². The molecule has 168 valence electrons. The zero-order valence-electron chi connectivity index (χ0n) is 18.7. The average Bonchev–Trinajstić information content (AvgIpc) is 3.32. The summed E-state index contributed by atoms with van der Waals surface area (Å²) < 4.78 is 24.3. The van der Waals surface area contributed by atoms with Crippen molar-refractivity contribution in [2.24, 2.45) is 5.92 Å². The van der Waals surface area contributed by atoms with Crippen molar-refractivity contribution in [2.45, 2.75) is 82.0 Å². The van der Waals surface area contributed by atoms with E-state index >= 15 is 0 Å². The first-order valence-corrected chi connectivity index (χ1v) is 11.9. The van der Waals surface area contributed by atoms with E-state index < -0.39 is 0 Å². The molecule has 4 rings (SSSR count). The van der Waals surface area contributed by atoms with E-state index in [4.69, 9.17) is 18.9 Å². The zero-order valence-corrected chi connectivity index (χ0v) is 18.7.